The highest BCUT2D eigenvalue weighted by atomic mass is 127. The standard InChI is InChI=1S/C24H36N4O3.HI/c1-2-25-23(27-18-24(14-17-29)12-6-3-7-13-24)26-15-8-9-16-28-21(30)19-10-4-5-11-20(19)22(28)31;/h4-5,10-11,29H,2-3,6-9,12-18H2,1H3,(H2,25,26,27);1H. The lowest BCUT2D eigenvalue weighted by atomic mass is 9.72. The van der Waals surface area contributed by atoms with Gasteiger partial charge >= 0.3 is 0 Å². The first-order valence-electron chi connectivity index (χ1n) is 11.7. The maximum atomic E-state index is 12.4. The van der Waals surface area contributed by atoms with E-state index in [0.717, 1.165) is 57.7 Å². The number of unbranched alkanes of at least 4 members (excludes halogenated alkanes) is 1. The van der Waals surface area contributed by atoms with Gasteiger partial charge in [-0.2, -0.15) is 0 Å². The van der Waals surface area contributed by atoms with Crippen LogP contribution < -0.4 is 10.6 Å². The van der Waals surface area contributed by atoms with Crippen LogP contribution in [0.25, 0.3) is 0 Å². The van der Waals surface area contributed by atoms with E-state index in [9.17, 15) is 14.7 Å². The highest BCUT2D eigenvalue weighted by Crippen LogP contribution is 2.39. The molecule has 1 aromatic rings. The Morgan fingerprint density at radius 2 is 1.72 bits per heavy atom. The van der Waals surface area contributed by atoms with Gasteiger partial charge in [0.25, 0.3) is 11.8 Å². The Balaban J connectivity index is 0.00000363. The van der Waals surface area contributed by atoms with Crippen molar-refractivity contribution >= 4 is 41.8 Å². The molecule has 2 aliphatic rings. The van der Waals surface area contributed by atoms with Crippen molar-refractivity contribution in [2.45, 2.75) is 58.3 Å². The first kappa shape index (κ1) is 26.6. The second kappa shape index (κ2) is 13.1. The summed E-state index contributed by atoms with van der Waals surface area (Å²) < 4.78 is 0. The van der Waals surface area contributed by atoms with Gasteiger partial charge in [-0.25, -0.2) is 0 Å². The van der Waals surface area contributed by atoms with Gasteiger partial charge in [0.05, 0.1) is 11.1 Å². The van der Waals surface area contributed by atoms with Crippen molar-refractivity contribution in [3.05, 3.63) is 35.4 Å². The van der Waals surface area contributed by atoms with Crippen molar-refractivity contribution < 1.29 is 14.7 Å². The minimum atomic E-state index is -0.190. The molecule has 1 aliphatic carbocycles. The Morgan fingerprint density at radius 3 is 2.31 bits per heavy atom. The molecule has 2 amide bonds. The second-order valence-corrected chi connectivity index (χ2v) is 8.67. The van der Waals surface area contributed by atoms with Gasteiger partial charge in [0.15, 0.2) is 5.96 Å². The number of hydrogen-bond acceptors (Lipinski definition) is 4. The fourth-order valence-corrected chi connectivity index (χ4v) is 4.66. The molecule has 1 heterocycles. The molecule has 0 saturated heterocycles. The summed E-state index contributed by atoms with van der Waals surface area (Å²) in [4.78, 5) is 31.0. The van der Waals surface area contributed by atoms with Gasteiger partial charge in [0, 0.05) is 32.8 Å². The topological polar surface area (TPSA) is 94.0 Å². The summed E-state index contributed by atoms with van der Waals surface area (Å²) in [6.45, 7) is 4.94. The lowest BCUT2D eigenvalue weighted by Gasteiger charge is -2.35. The van der Waals surface area contributed by atoms with Gasteiger partial charge in [-0.1, -0.05) is 31.4 Å². The third-order valence-corrected chi connectivity index (χ3v) is 6.45. The minimum Gasteiger partial charge on any atom is -0.396 e. The first-order chi connectivity index (χ1) is 15.1. The van der Waals surface area contributed by atoms with Gasteiger partial charge in [-0.3, -0.25) is 19.5 Å². The molecule has 0 radical (unpaired) electrons. The average molecular weight is 556 g/mol. The van der Waals surface area contributed by atoms with Crippen molar-refractivity contribution in [1.82, 2.24) is 15.5 Å². The molecular weight excluding hydrogens is 519 g/mol. The highest BCUT2D eigenvalue weighted by Gasteiger charge is 2.34. The van der Waals surface area contributed by atoms with Gasteiger partial charge in [0.1, 0.15) is 0 Å². The van der Waals surface area contributed by atoms with Crippen LogP contribution in [0.4, 0.5) is 0 Å². The van der Waals surface area contributed by atoms with Crippen LogP contribution in [-0.2, 0) is 0 Å². The Hall–Kier alpha value is -1.68. The summed E-state index contributed by atoms with van der Waals surface area (Å²) >= 11 is 0. The largest absolute Gasteiger partial charge is 0.396 e. The number of amides is 2. The molecule has 1 saturated carbocycles. The number of imide groups is 1. The zero-order chi connectivity index (χ0) is 22.1. The third kappa shape index (κ3) is 6.66. The summed E-state index contributed by atoms with van der Waals surface area (Å²) in [5.41, 5.74) is 1.14. The number of carbonyl (C=O) groups is 2. The predicted molar refractivity (Wildman–Crippen MR) is 138 cm³/mol. The van der Waals surface area contributed by atoms with Gasteiger partial charge in [-0.05, 0) is 56.6 Å². The molecule has 3 N–H and O–H groups in total. The monoisotopic (exact) mass is 556 g/mol. The molecule has 0 atom stereocenters. The third-order valence-electron chi connectivity index (χ3n) is 6.45. The van der Waals surface area contributed by atoms with E-state index in [1.165, 1.54) is 24.2 Å². The van der Waals surface area contributed by atoms with E-state index in [2.05, 4.69) is 10.6 Å². The van der Waals surface area contributed by atoms with Gasteiger partial charge in [0.2, 0.25) is 0 Å². The first-order valence-corrected chi connectivity index (χ1v) is 11.7. The number of aliphatic imine (C=N–C) groups is 1. The van der Waals surface area contributed by atoms with Crippen molar-refractivity contribution in [1.29, 1.82) is 0 Å². The molecule has 0 bridgehead atoms. The SMILES string of the molecule is CCNC(=NCC1(CCO)CCCCC1)NCCCCN1C(=O)c2ccccc2C1=O.I. The number of halogens is 1. The Bertz CT molecular complexity index is 753. The molecule has 3 rings (SSSR count). The number of rotatable bonds is 10. The number of aliphatic hydroxyl groups is 1. The van der Waals surface area contributed by atoms with E-state index in [-0.39, 0.29) is 47.8 Å². The van der Waals surface area contributed by atoms with Crippen LogP contribution >= 0.6 is 24.0 Å². The molecule has 0 unspecified atom stereocenters. The maximum absolute atomic E-state index is 12.4. The second-order valence-electron chi connectivity index (χ2n) is 8.67. The molecule has 7 nitrogen and oxygen atoms in total. The molecular formula is C24H37IN4O3. The smallest absolute Gasteiger partial charge is 0.261 e. The van der Waals surface area contributed by atoms with Crippen molar-refractivity contribution in [2.75, 3.05) is 32.8 Å². The van der Waals surface area contributed by atoms with Crippen molar-refractivity contribution in [3.63, 3.8) is 0 Å². The minimum absolute atomic E-state index is 0. The Kier molecular flexibility index (Phi) is 10.9. The number of benzene rings is 1. The van der Waals surface area contributed by atoms with E-state index < -0.39 is 0 Å². The number of nitrogens with zero attached hydrogens (tertiary/aromatic N) is 2. The molecule has 0 aromatic heterocycles. The number of guanidine groups is 1. The van der Waals surface area contributed by atoms with Crippen molar-refractivity contribution in [2.24, 2.45) is 10.4 Å². The lowest BCUT2D eigenvalue weighted by molar-refractivity contribution is 0.0652. The number of fused-ring (bicyclic) bond motifs is 1. The van der Waals surface area contributed by atoms with E-state index in [1.807, 2.05) is 6.92 Å². The fourth-order valence-electron chi connectivity index (χ4n) is 4.66. The molecule has 1 aliphatic heterocycles. The summed E-state index contributed by atoms with van der Waals surface area (Å²) in [5.74, 6) is 0.418. The number of nitrogens with one attached hydrogen (secondary N) is 2. The summed E-state index contributed by atoms with van der Waals surface area (Å²) in [7, 11) is 0. The maximum Gasteiger partial charge on any atom is 0.261 e. The summed E-state index contributed by atoms with van der Waals surface area (Å²) in [6, 6.07) is 7.01. The van der Waals surface area contributed by atoms with Crippen LogP contribution in [0.15, 0.2) is 29.3 Å². The van der Waals surface area contributed by atoms with Crippen LogP contribution in [0, 0.1) is 5.41 Å². The summed E-state index contributed by atoms with van der Waals surface area (Å²) in [6.07, 6.45) is 8.38. The lowest BCUT2D eigenvalue weighted by Crippen LogP contribution is -2.39. The molecule has 178 valence electrons. The van der Waals surface area contributed by atoms with Crippen LogP contribution in [0.2, 0.25) is 0 Å². The Morgan fingerprint density at radius 1 is 1.06 bits per heavy atom. The Labute approximate surface area is 208 Å². The number of aliphatic hydroxyl groups excluding tert-OH is 1. The van der Waals surface area contributed by atoms with Crippen LogP contribution in [0.1, 0.15) is 79.0 Å². The normalized spacial score (nSPS) is 17.7. The van der Waals surface area contributed by atoms with Crippen LogP contribution in [0.3, 0.4) is 0 Å². The molecule has 8 heteroatoms. The van der Waals surface area contributed by atoms with E-state index in [0.29, 0.717) is 17.7 Å². The summed E-state index contributed by atoms with van der Waals surface area (Å²) in [5, 5.41) is 16.2. The quantitative estimate of drug-likeness (QED) is 0.135. The average Bonchev–Trinajstić information content (AvgIpc) is 3.03. The zero-order valence-electron chi connectivity index (χ0n) is 19.1. The molecule has 1 fully saturated rings. The van der Waals surface area contributed by atoms with Crippen LogP contribution in [0.5, 0.6) is 0 Å². The number of carbonyl (C=O) groups excluding carboxylic acids is 2. The molecule has 1 aromatic carbocycles. The van der Waals surface area contributed by atoms with Gasteiger partial charge in [-0.15, -0.1) is 24.0 Å². The predicted octanol–water partition coefficient (Wildman–Crippen LogP) is 3.57. The zero-order valence-corrected chi connectivity index (χ0v) is 21.4. The molecule has 0 spiro atoms. The molecule has 32 heavy (non-hydrogen) atoms. The van der Waals surface area contributed by atoms with Crippen molar-refractivity contribution in [3.8, 4) is 0 Å². The highest BCUT2D eigenvalue weighted by molar-refractivity contribution is 14.0. The fraction of sp³-hybridized carbons (Fsp3) is 0.625. The van der Waals surface area contributed by atoms with Gasteiger partial charge < -0.3 is 15.7 Å². The van der Waals surface area contributed by atoms with Crippen LogP contribution in [-0.4, -0.2) is 60.6 Å². The van der Waals surface area contributed by atoms with E-state index in [4.69, 9.17) is 4.99 Å². The van der Waals surface area contributed by atoms with E-state index >= 15 is 0 Å². The number of hydrogen-bond donors (Lipinski definition) is 3. The van der Waals surface area contributed by atoms with E-state index in [1.54, 1.807) is 24.3 Å².